The van der Waals surface area contributed by atoms with Gasteiger partial charge in [0.2, 0.25) is 5.95 Å². The lowest BCUT2D eigenvalue weighted by molar-refractivity contribution is -0.146. The molecule has 1 saturated carbocycles. The van der Waals surface area contributed by atoms with E-state index in [4.69, 9.17) is 14.5 Å². The Morgan fingerprint density at radius 2 is 2.03 bits per heavy atom. The molecule has 176 valence electrons. The van der Waals surface area contributed by atoms with Gasteiger partial charge in [-0.15, -0.1) is 0 Å². The number of fused-ring (bicyclic) bond motifs is 1. The van der Waals surface area contributed by atoms with Gasteiger partial charge in [-0.3, -0.25) is 9.00 Å². The first kappa shape index (κ1) is 23.2. The first-order chi connectivity index (χ1) is 16.0. The number of rotatable bonds is 9. The van der Waals surface area contributed by atoms with Gasteiger partial charge in [-0.25, -0.2) is 4.98 Å². The molecule has 0 bridgehead atoms. The molecule has 1 N–H and O–H groups in total. The molecule has 0 radical (unpaired) electrons. The van der Waals surface area contributed by atoms with Gasteiger partial charge in [0.05, 0.1) is 25.2 Å². The molecule has 4 rings (SSSR count). The summed E-state index contributed by atoms with van der Waals surface area (Å²) < 4.78 is 24.1. The van der Waals surface area contributed by atoms with E-state index in [1.54, 1.807) is 12.5 Å². The maximum atomic E-state index is 11.7. The molecule has 3 aromatic rings. The van der Waals surface area contributed by atoms with Gasteiger partial charge in [0.1, 0.15) is 11.6 Å². The highest BCUT2D eigenvalue weighted by atomic mass is 32.2. The number of benzene rings is 1. The smallest absolute Gasteiger partial charge is 0.308 e. The van der Waals surface area contributed by atoms with E-state index in [0.29, 0.717) is 18.3 Å². The number of esters is 1. The summed E-state index contributed by atoms with van der Waals surface area (Å²) in [5.41, 5.74) is 0.995. The SMILES string of the molecule is COC(=O)C1CCC(Nc2nccc(-n3ccc4c(OCCCS(C)=O)cccc43)n2)CC1. The standard InChI is InChI=1S/C24H30N4O4S/c1-31-23(29)17-7-9-18(10-8-17)26-24-25-13-11-22(27-24)28-14-12-19-20(28)5-3-6-21(19)32-15-4-16-33(2)30/h3,5-6,11-14,17-18H,4,7-10,15-16H2,1-2H3,(H,25,26,27). The van der Waals surface area contributed by atoms with E-state index >= 15 is 0 Å². The van der Waals surface area contributed by atoms with Gasteiger partial charge in [0, 0.05) is 46.6 Å². The summed E-state index contributed by atoms with van der Waals surface area (Å²) in [7, 11) is 0.640. The average Bonchev–Trinajstić information content (AvgIpc) is 3.27. The molecule has 33 heavy (non-hydrogen) atoms. The molecule has 1 fully saturated rings. The van der Waals surface area contributed by atoms with E-state index < -0.39 is 10.8 Å². The molecule has 2 heterocycles. The lowest BCUT2D eigenvalue weighted by Gasteiger charge is -2.27. The normalized spacial score (nSPS) is 19.2. The monoisotopic (exact) mass is 470 g/mol. The van der Waals surface area contributed by atoms with Crippen LogP contribution in [0.25, 0.3) is 16.7 Å². The second kappa shape index (κ2) is 10.8. The minimum atomic E-state index is -0.806. The fourth-order valence-electron chi connectivity index (χ4n) is 4.28. The first-order valence-corrected chi connectivity index (χ1v) is 13.0. The Balaban J connectivity index is 1.45. The number of anilines is 1. The minimum absolute atomic E-state index is 0.00734. The van der Waals surface area contributed by atoms with Gasteiger partial charge >= 0.3 is 5.97 Å². The first-order valence-electron chi connectivity index (χ1n) is 11.3. The predicted molar refractivity (Wildman–Crippen MR) is 129 cm³/mol. The fourth-order valence-corrected chi connectivity index (χ4v) is 4.81. The highest BCUT2D eigenvalue weighted by Crippen LogP contribution is 2.29. The molecule has 1 atom stereocenters. The predicted octanol–water partition coefficient (Wildman–Crippen LogP) is 3.71. The van der Waals surface area contributed by atoms with Gasteiger partial charge in [-0.1, -0.05) is 6.07 Å². The van der Waals surface area contributed by atoms with E-state index in [9.17, 15) is 9.00 Å². The Kier molecular flexibility index (Phi) is 7.59. The molecule has 0 spiro atoms. The quantitative estimate of drug-likeness (QED) is 0.376. The second-order valence-electron chi connectivity index (χ2n) is 8.31. The number of nitrogens with zero attached hydrogens (tertiary/aromatic N) is 3. The number of methoxy groups -OCH3 is 1. The zero-order valence-electron chi connectivity index (χ0n) is 19.0. The molecule has 8 nitrogen and oxygen atoms in total. The zero-order chi connectivity index (χ0) is 23.2. The van der Waals surface area contributed by atoms with Crippen molar-refractivity contribution in [3.8, 4) is 11.6 Å². The van der Waals surface area contributed by atoms with Crippen LogP contribution in [0.3, 0.4) is 0 Å². The van der Waals surface area contributed by atoms with Gasteiger partial charge in [-0.2, -0.15) is 4.98 Å². The Labute approximate surface area is 196 Å². The van der Waals surface area contributed by atoms with Crippen LogP contribution in [0.5, 0.6) is 5.75 Å². The lowest BCUT2D eigenvalue weighted by atomic mass is 9.86. The second-order valence-corrected chi connectivity index (χ2v) is 9.86. The van der Waals surface area contributed by atoms with Gasteiger partial charge in [-0.05, 0) is 56.4 Å². The van der Waals surface area contributed by atoms with Crippen molar-refractivity contribution in [2.24, 2.45) is 5.92 Å². The van der Waals surface area contributed by atoms with Crippen molar-refractivity contribution < 1.29 is 18.5 Å². The number of carbonyl (C=O) groups excluding carboxylic acids is 1. The van der Waals surface area contributed by atoms with E-state index in [1.807, 2.05) is 41.1 Å². The summed E-state index contributed by atoms with van der Waals surface area (Å²) in [6.07, 6.45) is 9.57. The number of aromatic nitrogens is 3. The van der Waals surface area contributed by atoms with Crippen LogP contribution in [0.15, 0.2) is 42.7 Å². The molecule has 1 unspecified atom stereocenters. The van der Waals surface area contributed by atoms with Crippen molar-refractivity contribution in [2.45, 2.75) is 38.1 Å². The Hall–Kier alpha value is -2.94. The van der Waals surface area contributed by atoms with Crippen LogP contribution in [0.4, 0.5) is 5.95 Å². The minimum Gasteiger partial charge on any atom is -0.493 e. The lowest BCUT2D eigenvalue weighted by Crippen LogP contribution is -2.30. The number of nitrogens with one attached hydrogen (secondary N) is 1. The molecule has 1 aliphatic rings. The summed E-state index contributed by atoms with van der Waals surface area (Å²) in [5.74, 6) is 2.67. The van der Waals surface area contributed by atoms with E-state index in [0.717, 1.165) is 54.6 Å². The number of hydrogen-bond donors (Lipinski definition) is 1. The highest BCUT2D eigenvalue weighted by molar-refractivity contribution is 7.84. The zero-order valence-corrected chi connectivity index (χ0v) is 19.8. The maximum absolute atomic E-state index is 11.7. The summed E-state index contributed by atoms with van der Waals surface area (Å²) >= 11 is 0. The Morgan fingerprint density at radius 3 is 2.79 bits per heavy atom. The van der Waals surface area contributed by atoms with Crippen molar-refractivity contribution in [3.05, 3.63) is 42.7 Å². The molecule has 1 aromatic carbocycles. The number of ether oxygens (including phenoxy) is 2. The summed E-state index contributed by atoms with van der Waals surface area (Å²) in [5, 5.41) is 4.43. The van der Waals surface area contributed by atoms with Gasteiger partial charge in [0.25, 0.3) is 0 Å². The van der Waals surface area contributed by atoms with E-state index in [2.05, 4.69) is 10.3 Å². The third-order valence-electron chi connectivity index (χ3n) is 6.01. The van der Waals surface area contributed by atoms with Crippen LogP contribution in [0, 0.1) is 5.92 Å². The van der Waals surface area contributed by atoms with Crippen LogP contribution in [-0.4, -0.2) is 56.5 Å². The topological polar surface area (TPSA) is 95.3 Å². The van der Waals surface area contributed by atoms with Crippen LogP contribution < -0.4 is 10.1 Å². The molecule has 0 saturated heterocycles. The molecular formula is C24H30N4O4S. The van der Waals surface area contributed by atoms with Crippen molar-refractivity contribution in [2.75, 3.05) is 31.0 Å². The largest absolute Gasteiger partial charge is 0.493 e. The van der Waals surface area contributed by atoms with Crippen LogP contribution in [0.2, 0.25) is 0 Å². The highest BCUT2D eigenvalue weighted by Gasteiger charge is 2.27. The summed E-state index contributed by atoms with van der Waals surface area (Å²) in [6.45, 7) is 0.531. The van der Waals surface area contributed by atoms with Crippen molar-refractivity contribution in [3.63, 3.8) is 0 Å². The molecular weight excluding hydrogens is 440 g/mol. The summed E-state index contributed by atoms with van der Waals surface area (Å²) in [6, 6.07) is 10.1. The van der Waals surface area contributed by atoms with Crippen LogP contribution >= 0.6 is 0 Å². The summed E-state index contributed by atoms with van der Waals surface area (Å²) in [4.78, 5) is 20.9. The fraction of sp³-hybridized carbons (Fsp3) is 0.458. The molecule has 0 amide bonds. The van der Waals surface area contributed by atoms with Gasteiger partial charge < -0.3 is 19.4 Å². The van der Waals surface area contributed by atoms with E-state index in [1.165, 1.54) is 7.11 Å². The third-order valence-corrected chi connectivity index (χ3v) is 6.87. The number of carbonyl (C=O) groups is 1. The van der Waals surface area contributed by atoms with Crippen LogP contribution in [-0.2, 0) is 20.3 Å². The third kappa shape index (κ3) is 5.71. The Morgan fingerprint density at radius 1 is 1.21 bits per heavy atom. The van der Waals surface area contributed by atoms with Crippen molar-refractivity contribution >= 4 is 33.6 Å². The van der Waals surface area contributed by atoms with E-state index in [-0.39, 0.29) is 17.9 Å². The molecule has 0 aliphatic heterocycles. The maximum Gasteiger partial charge on any atom is 0.308 e. The average molecular weight is 471 g/mol. The number of hydrogen-bond acceptors (Lipinski definition) is 7. The van der Waals surface area contributed by atoms with Crippen molar-refractivity contribution in [1.82, 2.24) is 14.5 Å². The van der Waals surface area contributed by atoms with Gasteiger partial charge in [0.15, 0.2) is 0 Å². The molecule has 1 aliphatic carbocycles. The van der Waals surface area contributed by atoms with Crippen LogP contribution in [0.1, 0.15) is 32.1 Å². The van der Waals surface area contributed by atoms with Crippen molar-refractivity contribution in [1.29, 1.82) is 0 Å². The Bertz CT molecular complexity index is 1120. The molecule has 2 aromatic heterocycles. The molecule has 9 heteroatoms.